The summed E-state index contributed by atoms with van der Waals surface area (Å²) in [6.07, 6.45) is 0. The summed E-state index contributed by atoms with van der Waals surface area (Å²) in [5.41, 5.74) is 3.31. The minimum absolute atomic E-state index is 0. The third-order valence-corrected chi connectivity index (χ3v) is 6.76. The van der Waals surface area contributed by atoms with Crippen molar-refractivity contribution in [3.8, 4) is 0 Å². The van der Waals surface area contributed by atoms with Crippen LogP contribution in [0.25, 0.3) is 0 Å². The van der Waals surface area contributed by atoms with Gasteiger partial charge in [0.1, 0.15) is 10.7 Å². The highest BCUT2D eigenvalue weighted by Crippen LogP contribution is 2.22. The maximum atomic E-state index is 13.9. The van der Waals surface area contributed by atoms with Gasteiger partial charge in [0.05, 0.1) is 5.69 Å². The molecule has 1 saturated heterocycles. The predicted octanol–water partition coefficient (Wildman–Crippen LogP) is 2.10. The molecule has 1 fully saturated rings. The smallest absolute Gasteiger partial charge is 0.246 e. The molecular weight excluding hydrogens is 379 g/mol. The van der Waals surface area contributed by atoms with E-state index in [9.17, 15) is 12.8 Å². The third-order valence-electron chi connectivity index (χ3n) is 4.83. The van der Waals surface area contributed by atoms with Crippen LogP contribution in [0.15, 0.2) is 29.2 Å². The van der Waals surface area contributed by atoms with E-state index in [-0.39, 0.29) is 17.3 Å². The van der Waals surface area contributed by atoms with Crippen LogP contribution in [-0.4, -0.2) is 53.6 Å². The van der Waals surface area contributed by atoms with E-state index in [1.54, 1.807) is 6.07 Å². The second-order valence-corrected chi connectivity index (χ2v) is 8.29. The molecule has 2 heterocycles. The van der Waals surface area contributed by atoms with Crippen molar-refractivity contribution < 1.29 is 12.8 Å². The molecule has 9 heteroatoms. The molecule has 1 aromatic heterocycles. The average molecular weight is 403 g/mol. The Balaban J connectivity index is 0.00000243. The van der Waals surface area contributed by atoms with Crippen molar-refractivity contribution in [3.05, 3.63) is 47.0 Å². The topological polar surface area (TPSA) is 58.4 Å². The molecule has 0 aliphatic carbocycles. The van der Waals surface area contributed by atoms with Gasteiger partial charge in [0.15, 0.2) is 0 Å². The lowest BCUT2D eigenvalue weighted by Crippen LogP contribution is -2.48. The van der Waals surface area contributed by atoms with E-state index in [4.69, 9.17) is 0 Å². The summed E-state index contributed by atoms with van der Waals surface area (Å²) in [7, 11) is -1.86. The molecule has 6 nitrogen and oxygen atoms in total. The van der Waals surface area contributed by atoms with Gasteiger partial charge in [-0.15, -0.1) is 12.4 Å². The van der Waals surface area contributed by atoms with Crippen LogP contribution in [0.4, 0.5) is 4.39 Å². The summed E-state index contributed by atoms with van der Waals surface area (Å²) < 4.78 is 42.4. The number of benzene rings is 1. The van der Waals surface area contributed by atoms with Gasteiger partial charge in [-0.25, -0.2) is 12.8 Å². The van der Waals surface area contributed by atoms with Crippen LogP contribution < -0.4 is 0 Å². The van der Waals surface area contributed by atoms with Crippen molar-refractivity contribution in [1.82, 2.24) is 19.0 Å². The summed E-state index contributed by atoms with van der Waals surface area (Å²) >= 11 is 0. The van der Waals surface area contributed by atoms with E-state index in [2.05, 4.69) is 10.00 Å². The highest BCUT2D eigenvalue weighted by atomic mass is 35.5. The molecule has 26 heavy (non-hydrogen) atoms. The second kappa shape index (κ2) is 8.04. The van der Waals surface area contributed by atoms with Gasteiger partial charge in [-0.3, -0.25) is 9.58 Å². The first kappa shape index (κ1) is 20.8. The quantitative estimate of drug-likeness (QED) is 0.785. The predicted molar refractivity (Wildman–Crippen MR) is 100 cm³/mol. The SMILES string of the molecule is Cc1nn(C)c(C)c1CN1CCN(S(=O)(=O)c2ccccc2F)CC1.Cl. The number of piperazine rings is 1. The largest absolute Gasteiger partial charge is 0.296 e. The fourth-order valence-electron chi connectivity index (χ4n) is 3.19. The lowest BCUT2D eigenvalue weighted by molar-refractivity contribution is 0.181. The summed E-state index contributed by atoms with van der Waals surface area (Å²) in [6.45, 7) is 6.71. The summed E-state index contributed by atoms with van der Waals surface area (Å²) in [5, 5.41) is 4.42. The van der Waals surface area contributed by atoms with E-state index < -0.39 is 15.8 Å². The van der Waals surface area contributed by atoms with Crippen molar-refractivity contribution in [3.63, 3.8) is 0 Å². The Morgan fingerprint density at radius 3 is 2.27 bits per heavy atom. The number of aryl methyl sites for hydroxylation is 2. The van der Waals surface area contributed by atoms with Crippen molar-refractivity contribution in [2.45, 2.75) is 25.3 Å². The first-order valence-corrected chi connectivity index (χ1v) is 9.71. The molecular formula is C17H24ClFN4O2S. The van der Waals surface area contributed by atoms with Crippen molar-refractivity contribution in [1.29, 1.82) is 0 Å². The number of hydrogen-bond acceptors (Lipinski definition) is 4. The van der Waals surface area contributed by atoms with Gasteiger partial charge < -0.3 is 0 Å². The molecule has 0 radical (unpaired) electrons. The molecule has 144 valence electrons. The molecule has 0 N–H and O–H groups in total. The first-order valence-electron chi connectivity index (χ1n) is 8.27. The molecule has 0 saturated carbocycles. The molecule has 1 aliphatic heterocycles. The molecule has 0 spiro atoms. The van der Waals surface area contributed by atoms with Crippen LogP contribution in [0.1, 0.15) is 17.0 Å². The summed E-state index contributed by atoms with van der Waals surface area (Å²) in [5.74, 6) is -0.702. The Hall–Kier alpha value is -1.48. The van der Waals surface area contributed by atoms with E-state index in [1.165, 1.54) is 28.1 Å². The zero-order valence-corrected chi connectivity index (χ0v) is 16.8. The fraction of sp³-hybridized carbons (Fsp3) is 0.471. The van der Waals surface area contributed by atoms with Gasteiger partial charge in [0, 0.05) is 51.0 Å². The first-order chi connectivity index (χ1) is 11.8. The molecule has 3 rings (SSSR count). The fourth-order valence-corrected chi connectivity index (χ4v) is 4.68. The monoisotopic (exact) mass is 402 g/mol. The van der Waals surface area contributed by atoms with Gasteiger partial charge in [-0.05, 0) is 26.0 Å². The Morgan fingerprint density at radius 1 is 1.12 bits per heavy atom. The van der Waals surface area contributed by atoms with Crippen molar-refractivity contribution in [2.75, 3.05) is 26.2 Å². The Labute approximate surface area is 160 Å². The summed E-state index contributed by atoms with van der Waals surface area (Å²) in [6, 6.07) is 5.53. The van der Waals surface area contributed by atoms with Crippen LogP contribution in [0.5, 0.6) is 0 Å². The average Bonchev–Trinajstić information content (AvgIpc) is 2.82. The number of aromatic nitrogens is 2. The molecule has 0 atom stereocenters. The number of sulfonamides is 1. The van der Waals surface area contributed by atoms with Gasteiger partial charge >= 0.3 is 0 Å². The zero-order valence-electron chi connectivity index (χ0n) is 15.1. The number of nitrogens with zero attached hydrogens (tertiary/aromatic N) is 4. The highest BCUT2D eigenvalue weighted by Gasteiger charge is 2.30. The maximum absolute atomic E-state index is 13.9. The maximum Gasteiger partial charge on any atom is 0.246 e. The zero-order chi connectivity index (χ0) is 18.2. The second-order valence-electron chi connectivity index (χ2n) is 6.38. The molecule has 0 amide bonds. The van der Waals surface area contributed by atoms with Crippen LogP contribution >= 0.6 is 12.4 Å². The van der Waals surface area contributed by atoms with Crippen LogP contribution in [-0.2, 0) is 23.6 Å². The van der Waals surface area contributed by atoms with Crippen LogP contribution in [0, 0.1) is 19.7 Å². The van der Waals surface area contributed by atoms with Gasteiger partial charge in [-0.1, -0.05) is 12.1 Å². The Morgan fingerprint density at radius 2 is 1.73 bits per heavy atom. The molecule has 0 unspecified atom stereocenters. The number of halogens is 2. The number of hydrogen-bond donors (Lipinski definition) is 0. The lowest BCUT2D eigenvalue weighted by atomic mass is 10.1. The van der Waals surface area contributed by atoms with Crippen LogP contribution in [0.3, 0.4) is 0 Å². The van der Waals surface area contributed by atoms with Crippen molar-refractivity contribution in [2.24, 2.45) is 7.05 Å². The third kappa shape index (κ3) is 3.93. The molecule has 2 aromatic rings. The van der Waals surface area contributed by atoms with Gasteiger partial charge in [-0.2, -0.15) is 9.40 Å². The van der Waals surface area contributed by atoms with E-state index in [0.29, 0.717) is 26.2 Å². The van der Waals surface area contributed by atoms with E-state index >= 15 is 0 Å². The Bertz CT molecular complexity index is 877. The van der Waals surface area contributed by atoms with Gasteiger partial charge in [0.2, 0.25) is 10.0 Å². The molecule has 1 aromatic carbocycles. The highest BCUT2D eigenvalue weighted by molar-refractivity contribution is 7.89. The van der Waals surface area contributed by atoms with E-state index in [1.807, 2.05) is 25.6 Å². The normalized spacial score (nSPS) is 16.5. The lowest BCUT2D eigenvalue weighted by Gasteiger charge is -2.34. The van der Waals surface area contributed by atoms with Gasteiger partial charge in [0.25, 0.3) is 0 Å². The van der Waals surface area contributed by atoms with Crippen molar-refractivity contribution >= 4 is 22.4 Å². The standard InChI is InChI=1S/C17H23FN4O2S.ClH/c1-13-15(14(2)20(3)19-13)12-21-8-10-22(11-9-21)25(23,24)17-7-5-4-6-16(17)18;/h4-7H,8-12H2,1-3H3;1H. The Kier molecular flexibility index (Phi) is 6.44. The molecule has 1 aliphatic rings. The minimum atomic E-state index is -3.79. The number of rotatable bonds is 4. The van der Waals surface area contributed by atoms with Crippen LogP contribution in [0.2, 0.25) is 0 Å². The van der Waals surface area contributed by atoms with E-state index in [0.717, 1.165) is 17.9 Å². The summed E-state index contributed by atoms with van der Waals surface area (Å²) in [4.78, 5) is 1.96. The minimum Gasteiger partial charge on any atom is -0.296 e. The molecule has 0 bridgehead atoms.